The molecule has 1 saturated heterocycles. The number of sulfonamides is 1. The topological polar surface area (TPSA) is 125 Å². The summed E-state index contributed by atoms with van der Waals surface area (Å²) in [7, 11) is -4.06. The molecule has 0 amide bonds. The van der Waals surface area contributed by atoms with E-state index in [0.717, 1.165) is 32.0 Å². The van der Waals surface area contributed by atoms with Crippen LogP contribution in [0.1, 0.15) is 30.1 Å². The normalized spacial score (nSPS) is 15.3. The van der Waals surface area contributed by atoms with Gasteiger partial charge in [-0.1, -0.05) is 13.3 Å². The van der Waals surface area contributed by atoms with Gasteiger partial charge in [0, 0.05) is 32.7 Å². The summed E-state index contributed by atoms with van der Waals surface area (Å²) in [4.78, 5) is 13.1. The van der Waals surface area contributed by atoms with E-state index in [4.69, 9.17) is 5.14 Å². The number of carboxylic acids is 1. The van der Waals surface area contributed by atoms with Crippen molar-refractivity contribution in [2.75, 3.05) is 42.9 Å². The maximum Gasteiger partial charge on any atom is 0.335 e. The van der Waals surface area contributed by atoms with Crippen LogP contribution in [-0.4, -0.2) is 52.2 Å². The molecule has 0 bridgehead atoms. The van der Waals surface area contributed by atoms with Crippen LogP contribution in [0.25, 0.3) is 0 Å². The molecular weight excluding hydrogens is 332 g/mol. The van der Waals surface area contributed by atoms with Crippen LogP contribution in [0.15, 0.2) is 17.0 Å². The van der Waals surface area contributed by atoms with Gasteiger partial charge in [0.2, 0.25) is 10.0 Å². The molecule has 1 heterocycles. The van der Waals surface area contributed by atoms with Gasteiger partial charge in [-0.15, -0.1) is 0 Å². The highest BCUT2D eigenvalue weighted by Crippen LogP contribution is 2.35. The molecular formula is C15H24N4O4S. The first-order valence-corrected chi connectivity index (χ1v) is 9.53. The van der Waals surface area contributed by atoms with Crippen molar-refractivity contribution >= 4 is 27.4 Å². The summed E-state index contributed by atoms with van der Waals surface area (Å²) >= 11 is 0. The summed E-state index contributed by atoms with van der Waals surface area (Å²) in [6.07, 6.45) is 1.86. The lowest BCUT2D eigenvalue weighted by atomic mass is 10.1. The van der Waals surface area contributed by atoms with Crippen LogP contribution in [0.2, 0.25) is 0 Å². The van der Waals surface area contributed by atoms with E-state index in [9.17, 15) is 18.3 Å². The Hall–Kier alpha value is -1.84. The van der Waals surface area contributed by atoms with E-state index in [-0.39, 0.29) is 10.5 Å². The average molecular weight is 356 g/mol. The van der Waals surface area contributed by atoms with Crippen molar-refractivity contribution < 1.29 is 18.3 Å². The van der Waals surface area contributed by atoms with Gasteiger partial charge < -0.3 is 20.6 Å². The zero-order chi connectivity index (χ0) is 17.7. The molecule has 0 aliphatic carbocycles. The van der Waals surface area contributed by atoms with Crippen LogP contribution >= 0.6 is 0 Å². The van der Waals surface area contributed by atoms with Crippen LogP contribution in [0.4, 0.5) is 11.4 Å². The molecule has 1 aromatic carbocycles. The van der Waals surface area contributed by atoms with Crippen LogP contribution in [0, 0.1) is 0 Å². The van der Waals surface area contributed by atoms with Crippen LogP contribution in [-0.2, 0) is 10.0 Å². The van der Waals surface area contributed by atoms with E-state index in [1.54, 1.807) is 0 Å². The Bertz CT molecular complexity index is 700. The number of aromatic carboxylic acids is 1. The minimum absolute atomic E-state index is 0.100. The van der Waals surface area contributed by atoms with E-state index < -0.39 is 16.0 Å². The maximum atomic E-state index is 12.1. The van der Waals surface area contributed by atoms with E-state index in [2.05, 4.69) is 10.6 Å². The van der Waals surface area contributed by atoms with Crippen molar-refractivity contribution in [3.8, 4) is 0 Å². The Morgan fingerprint density at radius 2 is 2.04 bits per heavy atom. The van der Waals surface area contributed by atoms with E-state index in [1.165, 1.54) is 6.07 Å². The van der Waals surface area contributed by atoms with Gasteiger partial charge in [-0.2, -0.15) is 0 Å². The number of hydrogen-bond acceptors (Lipinski definition) is 6. The zero-order valence-corrected chi connectivity index (χ0v) is 14.5. The van der Waals surface area contributed by atoms with Gasteiger partial charge in [0.25, 0.3) is 0 Å². The lowest BCUT2D eigenvalue weighted by molar-refractivity contribution is 0.0696. The van der Waals surface area contributed by atoms with Crippen molar-refractivity contribution in [1.29, 1.82) is 0 Å². The third-order valence-corrected chi connectivity index (χ3v) is 4.83. The fraction of sp³-hybridized carbons (Fsp3) is 0.533. The summed E-state index contributed by atoms with van der Waals surface area (Å²) in [5, 5.41) is 21.0. The molecule has 0 spiro atoms. The Balaban J connectivity index is 2.58. The SMILES string of the molecule is CCCCNc1cc(C(=O)O)cc(S(N)(=O)=O)c1N1CCNCC1. The lowest BCUT2D eigenvalue weighted by Gasteiger charge is -2.32. The summed E-state index contributed by atoms with van der Waals surface area (Å²) in [6, 6.07) is 2.62. The molecule has 24 heavy (non-hydrogen) atoms. The lowest BCUT2D eigenvalue weighted by Crippen LogP contribution is -2.44. The highest BCUT2D eigenvalue weighted by Gasteiger charge is 2.26. The first kappa shape index (κ1) is 18.5. The first-order valence-electron chi connectivity index (χ1n) is 7.98. The number of primary sulfonamides is 1. The van der Waals surface area contributed by atoms with Gasteiger partial charge in [0.15, 0.2) is 0 Å². The molecule has 0 unspecified atom stereocenters. The third-order valence-electron chi connectivity index (χ3n) is 3.91. The van der Waals surface area contributed by atoms with Gasteiger partial charge in [-0.25, -0.2) is 18.4 Å². The predicted molar refractivity (Wildman–Crippen MR) is 93.3 cm³/mol. The maximum absolute atomic E-state index is 12.1. The number of unbranched alkanes of at least 4 members (excludes halogenated alkanes) is 1. The molecule has 134 valence electrons. The zero-order valence-electron chi connectivity index (χ0n) is 13.7. The molecule has 0 radical (unpaired) electrons. The van der Waals surface area contributed by atoms with Gasteiger partial charge >= 0.3 is 5.97 Å². The quantitative estimate of drug-likeness (QED) is 0.529. The van der Waals surface area contributed by atoms with Gasteiger partial charge in [0.1, 0.15) is 4.90 Å². The molecule has 9 heteroatoms. The monoisotopic (exact) mass is 356 g/mol. The number of carbonyl (C=O) groups is 1. The second-order valence-corrected chi connectivity index (χ2v) is 7.27. The van der Waals surface area contributed by atoms with Crippen molar-refractivity contribution in [3.63, 3.8) is 0 Å². The predicted octanol–water partition coefficient (Wildman–Crippen LogP) is 0.654. The highest BCUT2D eigenvalue weighted by molar-refractivity contribution is 7.89. The van der Waals surface area contributed by atoms with Gasteiger partial charge in [0.05, 0.1) is 16.9 Å². The highest BCUT2D eigenvalue weighted by atomic mass is 32.2. The molecule has 1 aliphatic rings. The molecule has 0 saturated carbocycles. The summed E-state index contributed by atoms with van der Waals surface area (Å²) in [5.74, 6) is -1.19. The molecule has 8 nitrogen and oxygen atoms in total. The number of benzene rings is 1. The van der Waals surface area contributed by atoms with Crippen LogP contribution in [0.3, 0.4) is 0 Å². The number of hydrogen-bond donors (Lipinski definition) is 4. The third kappa shape index (κ3) is 4.37. The van der Waals surface area contributed by atoms with Crippen molar-refractivity contribution in [2.45, 2.75) is 24.7 Å². The number of rotatable bonds is 7. The van der Waals surface area contributed by atoms with Crippen LogP contribution in [0.5, 0.6) is 0 Å². The van der Waals surface area contributed by atoms with E-state index in [0.29, 0.717) is 31.0 Å². The number of nitrogens with two attached hydrogens (primary N) is 1. The van der Waals surface area contributed by atoms with Crippen molar-refractivity contribution in [1.82, 2.24) is 5.32 Å². The number of carboxylic acid groups (broad SMARTS) is 1. The number of piperazine rings is 1. The summed E-state index contributed by atoms with van der Waals surface area (Å²) < 4.78 is 24.1. The smallest absolute Gasteiger partial charge is 0.335 e. The molecule has 0 aromatic heterocycles. The number of nitrogens with zero attached hydrogens (tertiary/aromatic N) is 1. The fourth-order valence-electron chi connectivity index (χ4n) is 2.70. The molecule has 1 aromatic rings. The Morgan fingerprint density at radius 1 is 1.38 bits per heavy atom. The summed E-state index contributed by atoms with van der Waals surface area (Å²) in [6.45, 7) is 5.36. The van der Waals surface area contributed by atoms with Crippen molar-refractivity contribution in [3.05, 3.63) is 17.7 Å². The second-order valence-electron chi connectivity index (χ2n) is 5.74. The average Bonchev–Trinajstić information content (AvgIpc) is 2.54. The van der Waals surface area contributed by atoms with Crippen LogP contribution < -0.4 is 20.7 Å². The second kappa shape index (κ2) is 7.82. The fourth-order valence-corrected chi connectivity index (χ4v) is 3.50. The number of nitrogens with one attached hydrogen (secondary N) is 2. The molecule has 1 aliphatic heterocycles. The molecule has 2 rings (SSSR count). The van der Waals surface area contributed by atoms with Gasteiger partial charge in [-0.3, -0.25) is 0 Å². The Morgan fingerprint density at radius 3 is 2.58 bits per heavy atom. The van der Waals surface area contributed by atoms with Crippen molar-refractivity contribution in [2.24, 2.45) is 5.14 Å². The summed E-state index contributed by atoms with van der Waals surface area (Å²) in [5.41, 5.74) is 0.853. The Labute approximate surface area is 142 Å². The molecule has 1 fully saturated rings. The van der Waals surface area contributed by atoms with E-state index >= 15 is 0 Å². The van der Waals surface area contributed by atoms with E-state index in [1.807, 2.05) is 11.8 Å². The minimum Gasteiger partial charge on any atom is -0.478 e. The number of anilines is 2. The first-order chi connectivity index (χ1) is 11.3. The largest absolute Gasteiger partial charge is 0.478 e. The molecule has 0 atom stereocenters. The Kier molecular flexibility index (Phi) is 6.03. The standard InChI is InChI=1S/C15H24N4O4S/c1-2-3-4-18-12-9-11(15(20)21)10-13(24(16,22)23)14(12)19-7-5-17-6-8-19/h9-10,17-18H,2-8H2,1H3,(H,20,21)(H2,16,22,23). The molecule has 5 N–H and O–H groups in total. The minimum atomic E-state index is -4.06. The van der Waals surface area contributed by atoms with Gasteiger partial charge in [-0.05, 0) is 18.6 Å².